The fraction of sp³-hybridized carbons (Fsp3) is 0.357. The number of rotatable bonds is 5. The first-order valence-corrected chi connectivity index (χ1v) is 7.09. The fourth-order valence-electron chi connectivity index (χ4n) is 1.90. The monoisotopic (exact) mass is 323 g/mol. The predicted octanol–water partition coefficient (Wildman–Crippen LogP) is 3.30. The van der Waals surface area contributed by atoms with Gasteiger partial charge in [0.1, 0.15) is 12.3 Å². The molecule has 0 aliphatic carbocycles. The standard InChI is InChI=1S/C14H18BrN3O/c1-3-4-12-13(16)14(18(2)17-12)19-9-10-5-7-11(15)8-6-10/h5-8H,3-4,9,16H2,1-2H3. The molecular weight excluding hydrogens is 306 g/mol. The summed E-state index contributed by atoms with van der Waals surface area (Å²) in [6.07, 6.45) is 1.90. The normalized spacial score (nSPS) is 10.7. The Hall–Kier alpha value is -1.49. The van der Waals surface area contributed by atoms with Crippen molar-refractivity contribution in [3.05, 3.63) is 40.0 Å². The summed E-state index contributed by atoms with van der Waals surface area (Å²) in [7, 11) is 1.85. The van der Waals surface area contributed by atoms with Crippen LogP contribution in [0.3, 0.4) is 0 Å². The molecule has 0 saturated heterocycles. The molecule has 2 N–H and O–H groups in total. The fourth-order valence-corrected chi connectivity index (χ4v) is 2.17. The van der Waals surface area contributed by atoms with Crippen molar-refractivity contribution in [1.29, 1.82) is 0 Å². The summed E-state index contributed by atoms with van der Waals surface area (Å²) in [5.74, 6) is 0.645. The van der Waals surface area contributed by atoms with Crippen LogP contribution in [0.1, 0.15) is 24.6 Å². The number of ether oxygens (including phenoxy) is 1. The van der Waals surface area contributed by atoms with E-state index in [4.69, 9.17) is 10.5 Å². The molecule has 2 rings (SSSR count). The third-order valence-corrected chi connectivity index (χ3v) is 3.41. The van der Waals surface area contributed by atoms with Crippen LogP contribution in [-0.2, 0) is 20.1 Å². The Kier molecular flexibility index (Phi) is 4.47. The predicted molar refractivity (Wildman–Crippen MR) is 80.1 cm³/mol. The molecule has 5 heteroatoms. The average molecular weight is 324 g/mol. The number of halogens is 1. The maximum Gasteiger partial charge on any atom is 0.236 e. The zero-order valence-electron chi connectivity index (χ0n) is 11.2. The van der Waals surface area contributed by atoms with E-state index >= 15 is 0 Å². The van der Waals surface area contributed by atoms with Crippen LogP contribution in [0, 0.1) is 0 Å². The van der Waals surface area contributed by atoms with E-state index in [0.29, 0.717) is 18.2 Å². The third kappa shape index (κ3) is 3.29. The smallest absolute Gasteiger partial charge is 0.236 e. The molecule has 0 fully saturated rings. The Balaban J connectivity index is 2.09. The van der Waals surface area contributed by atoms with Crippen LogP contribution in [0.5, 0.6) is 5.88 Å². The highest BCUT2D eigenvalue weighted by Crippen LogP contribution is 2.26. The van der Waals surface area contributed by atoms with Gasteiger partial charge in [-0.15, -0.1) is 0 Å². The van der Waals surface area contributed by atoms with E-state index in [1.807, 2.05) is 31.3 Å². The molecule has 102 valence electrons. The molecule has 2 aromatic rings. The lowest BCUT2D eigenvalue weighted by Gasteiger charge is -2.07. The Morgan fingerprint density at radius 2 is 2.00 bits per heavy atom. The highest BCUT2D eigenvalue weighted by molar-refractivity contribution is 9.10. The number of aryl methyl sites for hydroxylation is 2. The van der Waals surface area contributed by atoms with E-state index < -0.39 is 0 Å². The molecule has 1 aromatic carbocycles. The van der Waals surface area contributed by atoms with Crippen LogP contribution in [0.2, 0.25) is 0 Å². The minimum atomic E-state index is 0.489. The van der Waals surface area contributed by atoms with Crippen molar-refractivity contribution in [3.63, 3.8) is 0 Å². The largest absolute Gasteiger partial charge is 0.471 e. The number of hydrogen-bond acceptors (Lipinski definition) is 3. The molecule has 4 nitrogen and oxygen atoms in total. The Labute approximate surface area is 121 Å². The lowest BCUT2D eigenvalue weighted by atomic mass is 10.2. The molecule has 0 aliphatic rings. The van der Waals surface area contributed by atoms with Gasteiger partial charge in [-0.05, 0) is 24.1 Å². The zero-order chi connectivity index (χ0) is 13.8. The van der Waals surface area contributed by atoms with Crippen LogP contribution in [-0.4, -0.2) is 9.78 Å². The molecule has 0 spiro atoms. The van der Waals surface area contributed by atoms with Gasteiger partial charge < -0.3 is 10.5 Å². The summed E-state index contributed by atoms with van der Waals surface area (Å²) in [5, 5.41) is 4.39. The van der Waals surface area contributed by atoms with Crippen molar-refractivity contribution in [2.75, 3.05) is 5.73 Å². The second-order valence-electron chi connectivity index (χ2n) is 4.45. The number of benzene rings is 1. The van der Waals surface area contributed by atoms with Crippen LogP contribution in [0.15, 0.2) is 28.7 Å². The number of aromatic nitrogens is 2. The quantitative estimate of drug-likeness (QED) is 0.918. The van der Waals surface area contributed by atoms with E-state index in [0.717, 1.165) is 28.6 Å². The summed E-state index contributed by atoms with van der Waals surface area (Å²) in [4.78, 5) is 0. The van der Waals surface area contributed by atoms with Crippen molar-refractivity contribution in [1.82, 2.24) is 9.78 Å². The van der Waals surface area contributed by atoms with E-state index in [9.17, 15) is 0 Å². The lowest BCUT2D eigenvalue weighted by Crippen LogP contribution is -2.02. The maximum absolute atomic E-state index is 6.06. The van der Waals surface area contributed by atoms with Crippen LogP contribution in [0.4, 0.5) is 5.69 Å². The first kappa shape index (κ1) is 13.9. The Morgan fingerprint density at radius 1 is 1.32 bits per heavy atom. The molecule has 19 heavy (non-hydrogen) atoms. The lowest BCUT2D eigenvalue weighted by molar-refractivity contribution is 0.280. The number of nitrogens with two attached hydrogens (primary N) is 1. The molecule has 1 heterocycles. The summed E-state index contributed by atoms with van der Waals surface area (Å²) < 4.78 is 8.55. The van der Waals surface area contributed by atoms with E-state index in [2.05, 4.69) is 28.0 Å². The summed E-state index contributed by atoms with van der Waals surface area (Å²) >= 11 is 3.41. The topological polar surface area (TPSA) is 53.1 Å². The average Bonchev–Trinajstić information content (AvgIpc) is 2.65. The van der Waals surface area contributed by atoms with Crippen molar-refractivity contribution < 1.29 is 4.74 Å². The minimum absolute atomic E-state index is 0.489. The number of hydrogen-bond donors (Lipinski definition) is 1. The van der Waals surface area contributed by atoms with Gasteiger partial charge in [0.15, 0.2) is 0 Å². The van der Waals surface area contributed by atoms with Gasteiger partial charge in [-0.25, -0.2) is 4.68 Å². The molecule has 1 aromatic heterocycles. The Bertz CT molecular complexity index is 549. The van der Waals surface area contributed by atoms with Gasteiger partial charge >= 0.3 is 0 Å². The van der Waals surface area contributed by atoms with Gasteiger partial charge in [0.05, 0.1) is 5.69 Å². The molecule has 0 radical (unpaired) electrons. The first-order valence-electron chi connectivity index (χ1n) is 6.30. The summed E-state index contributed by atoms with van der Waals surface area (Å²) in [5.41, 5.74) is 8.73. The van der Waals surface area contributed by atoms with E-state index in [1.54, 1.807) is 4.68 Å². The van der Waals surface area contributed by atoms with E-state index in [-0.39, 0.29) is 0 Å². The second kappa shape index (κ2) is 6.10. The first-order chi connectivity index (χ1) is 9.11. The van der Waals surface area contributed by atoms with Gasteiger partial charge in [-0.2, -0.15) is 5.10 Å². The highest BCUT2D eigenvalue weighted by Gasteiger charge is 2.13. The summed E-state index contributed by atoms with van der Waals surface area (Å²) in [6, 6.07) is 8.02. The molecule has 0 atom stereocenters. The zero-order valence-corrected chi connectivity index (χ0v) is 12.8. The number of anilines is 1. The molecule has 0 aliphatic heterocycles. The van der Waals surface area contributed by atoms with Crippen molar-refractivity contribution in [2.24, 2.45) is 7.05 Å². The molecule has 0 unspecified atom stereocenters. The molecule has 0 bridgehead atoms. The highest BCUT2D eigenvalue weighted by atomic mass is 79.9. The van der Waals surface area contributed by atoms with Gasteiger partial charge in [0.2, 0.25) is 5.88 Å². The van der Waals surface area contributed by atoms with Crippen LogP contribution in [0.25, 0.3) is 0 Å². The SMILES string of the molecule is CCCc1nn(C)c(OCc2ccc(Br)cc2)c1N. The van der Waals surface area contributed by atoms with E-state index in [1.165, 1.54) is 0 Å². The minimum Gasteiger partial charge on any atom is -0.471 e. The van der Waals surface area contributed by atoms with Gasteiger partial charge in [0, 0.05) is 11.5 Å². The molecule has 0 amide bonds. The van der Waals surface area contributed by atoms with Crippen molar-refractivity contribution >= 4 is 21.6 Å². The van der Waals surface area contributed by atoms with Crippen molar-refractivity contribution in [3.8, 4) is 5.88 Å². The Morgan fingerprint density at radius 3 is 2.63 bits per heavy atom. The van der Waals surface area contributed by atoms with Gasteiger partial charge in [0.25, 0.3) is 0 Å². The number of nitrogen functional groups attached to an aromatic ring is 1. The number of nitrogens with zero attached hydrogens (tertiary/aromatic N) is 2. The third-order valence-electron chi connectivity index (χ3n) is 2.88. The van der Waals surface area contributed by atoms with Crippen molar-refractivity contribution in [2.45, 2.75) is 26.4 Å². The summed E-state index contributed by atoms with van der Waals surface area (Å²) in [6.45, 7) is 2.60. The van der Waals surface area contributed by atoms with Gasteiger partial charge in [-0.3, -0.25) is 0 Å². The van der Waals surface area contributed by atoms with Crippen LogP contribution < -0.4 is 10.5 Å². The van der Waals surface area contributed by atoms with Gasteiger partial charge in [-0.1, -0.05) is 41.4 Å². The van der Waals surface area contributed by atoms with Crippen LogP contribution >= 0.6 is 15.9 Å². The maximum atomic E-state index is 6.06. The molecule has 0 saturated carbocycles. The second-order valence-corrected chi connectivity index (χ2v) is 5.37. The molecular formula is C14H18BrN3O.